The number of carbonyl (C=O) groups is 2. The third-order valence-electron chi connectivity index (χ3n) is 10.2. The van der Waals surface area contributed by atoms with Crippen LogP contribution in [0.2, 0.25) is 0 Å². The molecule has 2 heterocycles. The number of fused-ring (bicyclic) bond motifs is 2. The van der Waals surface area contributed by atoms with Crippen LogP contribution < -0.4 is 28.4 Å². The fourth-order valence-corrected chi connectivity index (χ4v) is 7.21. The fourth-order valence-electron chi connectivity index (χ4n) is 7.21. The standard InChI is InChI=1S/C38H58N2O10/c1-39(17-13-27-23-31(43-3)37(47-7)35(45-5)29(27)25-39)19-15-33(41)49-21-11-9-10-12-22-50-34(42)16-20-40(2)18-14-28-24-32(44-4)38(48-8)36(46-6)30(28)26-40/h23-24H,9-22,25-26H2,1-8H3/q+2. The van der Waals surface area contributed by atoms with E-state index in [2.05, 4.69) is 14.1 Å². The lowest BCUT2D eigenvalue weighted by atomic mass is 9.95. The number of benzene rings is 2. The Labute approximate surface area is 297 Å². The maximum absolute atomic E-state index is 12.6. The minimum absolute atomic E-state index is 0.172. The van der Waals surface area contributed by atoms with Crippen molar-refractivity contribution in [3.63, 3.8) is 0 Å². The molecule has 2 atom stereocenters. The lowest BCUT2D eigenvalue weighted by Gasteiger charge is -2.39. The molecule has 2 aromatic carbocycles. The molecule has 0 bridgehead atoms. The van der Waals surface area contributed by atoms with E-state index in [-0.39, 0.29) is 11.9 Å². The molecular weight excluding hydrogens is 644 g/mol. The van der Waals surface area contributed by atoms with Gasteiger partial charge in [0.25, 0.3) is 0 Å². The first-order valence-corrected chi connectivity index (χ1v) is 17.6. The molecule has 12 heteroatoms. The highest BCUT2D eigenvalue weighted by atomic mass is 16.5. The fraction of sp³-hybridized carbons (Fsp3) is 0.632. The summed E-state index contributed by atoms with van der Waals surface area (Å²) < 4.78 is 46.2. The average molecular weight is 703 g/mol. The van der Waals surface area contributed by atoms with Gasteiger partial charge in [-0.05, 0) is 48.9 Å². The van der Waals surface area contributed by atoms with Crippen LogP contribution >= 0.6 is 0 Å². The lowest BCUT2D eigenvalue weighted by Crippen LogP contribution is -2.48. The molecule has 0 aliphatic carbocycles. The van der Waals surface area contributed by atoms with Gasteiger partial charge < -0.3 is 46.9 Å². The van der Waals surface area contributed by atoms with E-state index in [9.17, 15) is 9.59 Å². The Morgan fingerprint density at radius 3 is 1.28 bits per heavy atom. The average Bonchev–Trinajstić information content (AvgIpc) is 3.12. The lowest BCUT2D eigenvalue weighted by molar-refractivity contribution is -0.924. The number of methoxy groups -OCH3 is 6. The van der Waals surface area contributed by atoms with Crippen molar-refractivity contribution in [2.75, 3.05) is 96.1 Å². The molecule has 2 unspecified atom stereocenters. The van der Waals surface area contributed by atoms with Crippen molar-refractivity contribution >= 4 is 11.9 Å². The van der Waals surface area contributed by atoms with Crippen molar-refractivity contribution in [1.82, 2.24) is 0 Å². The summed E-state index contributed by atoms with van der Waals surface area (Å²) >= 11 is 0. The van der Waals surface area contributed by atoms with Gasteiger partial charge in [-0.25, -0.2) is 0 Å². The number of nitrogens with zero attached hydrogens (tertiary/aromatic N) is 2. The van der Waals surface area contributed by atoms with Crippen molar-refractivity contribution in [2.24, 2.45) is 0 Å². The van der Waals surface area contributed by atoms with Gasteiger partial charge in [0.15, 0.2) is 23.0 Å². The normalized spacial score (nSPS) is 19.4. The van der Waals surface area contributed by atoms with Crippen LogP contribution in [0.5, 0.6) is 34.5 Å². The molecule has 4 rings (SSSR count). The van der Waals surface area contributed by atoms with Crippen LogP contribution in [0.4, 0.5) is 0 Å². The number of rotatable bonds is 19. The maximum Gasteiger partial charge on any atom is 0.311 e. The summed E-state index contributed by atoms with van der Waals surface area (Å²) in [6, 6.07) is 4.06. The molecule has 0 saturated heterocycles. The van der Waals surface area contributed by atoms with Crippen LogP contribution in [-0.2, 0) is 45.0 Å². The highest BCUT2D eigenvalue weighted by Crippen LogP contribution is 2.46. The summed E-state index contributed by atoms with van der Waals surface area (Å²) in [7, 11) is 14.1. The van der Waals surface area contributed by atoms with E-state index in [1.165, 1.54) is 11.1 Å². The van der Waals surface area contributed by atoms with Gasteiger partial charge in [0.2, 0.25) is 11.5 Å². The monoisotopic (exact) mass is 702 g/mol. The predicted molar refractivity (Wildman–Crippen MR) is 188 cm³/mol. The van der Waals surface area contributed by atoms with E-state index < -0.39 is 0 Å². The van der Waals surface area contributed by atoms with E-state index in [4.69, 9.17) is 37.9 Å². The predicted octanol–water partition coefficient (Wildman–Crippen LogP) is 4.87. The van der Waals surface area contributed by atoms with Gasteiger partial charge in [-0.1, -0.05) is 0 Å². The Hall–Kier alpha value is -3.90. The highest BCUT2D eigenvalue weighted by Gasteiger charge is 2.35. The number of hydrogen-bond acceptors (Lipinski definition) is 10. The van der Waals surface area contributed by atoms with E-state index in [0.29, 0.717) is 73.6 Å². The molecule has 0 spiro atoms. The summed E-state index contributed by atoms with van der Waals surface area (Å²) in [5, 5.41) is 0. The molecule has 0 aromatic heterocycles. The van der Waals surface area contributed by atoms with Crippen molar-refractivity contribution in [1.29, 1.82) is 0 Å². The number of carbonyl (C=O) groups excluding carboxylic acids is 2. The van der Waals surface area contributed by atoms with Gasteiger partial charge in [0, 0.05) is 12.8 Å². The molecule has 0 N–H and O–H groups in total. The zero-order valence-electron chi connectivity index (χ0n) is 31.4. The van der Waals surface area contributed by atoms with Gasteiger partial charge in [-0.3, -0.25) is 9.59 Å². The largest absolute Gasteiger partial charge is 0.493 e. The van der Waals surface area contributed by atoms with Gasteiger partial charge in [-0.2, -0.15) is 0 Å². The maximum atomic E-state index is 12.6. The Morgan fingerprint density at radius 1 is 0.560 bits per heavy atom. The van der Waals surface area contributed by atoms with Crippen molar-refractivity contribution in [3.05, 3.63) is 34.4 Å². The van der Waals surface area contributed by atoms with Crippen molar-refractivity contribution in [2.45, 2.75) is 64.5 Å². The third kappa shape index (κ3) is 9.45. The number of hydrogen-bond donors (Lipinski definition) is 0. The second-order valence-corrected chi connectivity index (χ2v) is 13.9. The van der Waals surface area contributed by atoms with Gasteiger partial charge in [0.05, 0.1) is 120 Å². The van der Waals surface area contributed by atoms with Gasteiger partial charge in [-0.15, -0.1) is 0 Å². The molecular formula is C38H58N2O10+2. The molecule has 0 saturated carbocycles. The zero-order valence-corrected chi connectivity index (χ0v) is 31.4. The molecule has 2 aromatic rings. The van der Waals surface area contributed by atoms with Gasteiger partial charge >= 0.3 is 11.9 Å². The van der Waals surface area contributed by atoms with Crippen LogP contribution in [0.3, 0.4) is 0 Å². The van der Waals surface area contributed by atoms with Crippen LogP contribution in [0.1, 0.15) is 60.8 Å². The summed E-state index contributed by atoms with van der Waals surface area (Å²) in [5.41, 5.74) is 4.59. The number of likely N-dealkylation sites (N-methyl/N-ethyl adjacent to an activating group) is 2. The summed E-state index contributed by atoms with van der Waals surface area (Å²) in [4.78, 5) is 25.1. The van der Waals surface area contributed by atoms with Crippen molar-refractivity contribution < 1.29 is 56.5 Å². The SMILES string of the molecule is COc1cc2c(c(OC)c1OC)C[N+](C)(CCC(=O)OCCCCCCOC(=O)CC[N+]1(C)CCc3cc(OC)c(OC)c(OC)c3C1)CC2. The molecule has 278 valence electrons. The number of esters is 2. The Kier molecular flexibility index (Phi) is 13.9. The molecule has 12 nitrogen and oxygen atoms in total. The van der Waals surface area contributed by atoms with E-state index >= 15 is 0 Å². The van der Waals surface area contributed by atoms with E-state index in [1.807, 2.05) is 12.1 Å². The first-order chi connectivity index (χ1) is 24.0. The summed E-state index contributed by atoms with van der Waals surface area (Å²) in [5.74, 6) is 3.59. The molecule has 50 heavy (non-hydrogen) atoms. The van der Waals surface area contributed by atoms with Crippen LogP contribution in [0, 0.1) is 0 Å². The Bertz CT molecular complexity index is 1370. The Morgan fingerprint density at radius 2 is 0.940 bits per heavy atom. The highest BCUT2D eigenvalue weighted by molar-refractivity contribution is 5.69. The first-order valence-electron chi connectivity index (χ1n) is 17.6. The third-order valence-corrected chi connectivity index (χ3v) is 10.2. The van der Waals surface area contributed by atoms with Crippen molar-refractivity contribution in [3.8, 4) is 34.5 Å². The molecule has 2 aliphatic heterocycles. The Balaban J connectivity index is 1.09. The molecule has 0 amide bonds. The topological polar surface area (TPSA) is 108 Å². The first kappa shape index (κ1) is 38.9. The molecule has 0 fully saturated rings. The minimum Gasteiger partial charge on any atom is -0.493 e. The van der Waals surface area contributed by atoms with Gasteiger partial charge in [0.1, 0.15) is 13.1 Å². The van der Waals surface area contributed by atoms with Crippen LogP contribution in [0.15, 0.2) is 12.1 Å². The minimum atomic E-state index is -0.172. The number of quaternary nitrogens is 2. The molecule has 0 radical (unpaired) electrons. The van der Waals surface area contributed by atoms with E-state index in [1.54, 1.807) is 42.7 Å². The summed E-state index contributed by atoms with van der Waals surface area (Å²) in [6.45, 7) is 5.48. The number of unbranched alkanes of at least 4 members (excludes halogenated alkanes) is 3. The molecule has 2 aliphatic rings. The van der Waals surface area contributed by atoms with Crippen LogP contribution in [-0.4, -0.2) is 117 Å². The van der Waals surface area contributed by atoms with E-state index in [0.717, 1.165) is 84.8 Å². The second-order valence-electron chi connectivity index (χ2n) is 13.9. The van der Waals surface area contributed by atoms with Crippen LogP contribution in [0.25, 0.3) is 0 Å². The zero-order chi connectivity index (χ0) is 36.3. The second kappa shape index (κ2) is 17.8. The number of ether oxygens (including phenoxy) is 8. The summed E-state index contributed by atoms with van der Waals surface area (Å²) in [6.07, 6.45) is 5.84. The quantitative estimate of drug-likeness (QED) is 0.114. The smallest absolute Gasteiger partial charge is 0.311 e.